The van der Waals surface area contributed by atoms with Crippen molar-refractivity contribution in [3.63, 3.8) is 0 Å². The number of hydrogen-bond donors (Lipinski definition) is 2. The molecule has 33 heavy (non-hydrogen) atoms. The molecule has 0 radical (unpaired) electrons. The molecule has 7 nitrogen and oxygen atoms in total. The number of ether oxygens (including phenoxy) is 2. The molecular formula is C26H40N4O3. The molecule has 2 aliphatic heterocycles. The number of nitrogens with zero attached hydrogens (tertiary/aromatic N) is 2. The van der Waals surface area contributed by atoms with Crippen LogP contribution in [0.15, 0.2) is 29.3 Å². The van der Waals surface area contributed by atoms with E-state index in [0.717, 1.165) is 75.6 Å². The molecule has 1 amide bonds. The number of amidine groups is 2. The van der Waals surface area contributed by atoms with E-state index in [1.54, 1.807) is 0 Å². The minimum atomic E-state index is -0.0338. The van der Waals surface area contributed by atoms with Gasteiger partial charge in [0.15, 0.2) is 0 Å². The zero-order valence-corrected chi connectivity index (χ0v) is 20.6. The smallest absolute Gasteiger partial charge is 0.217 e. The Morgan fingerprint density at radius 2 is 2.06 bits per heavy atom. The SMILES string of the molecule is CCCC(=NC(=N)C(C)CC1CCOC1)N1CCC(Oc2ccc(C(C)NC(C)=O)cc2)C1. The van der Waals surface area contributed by atoms with Crippen molar-refractivity contribution in [1.29, 1.82) is 5.41 Å². The van der Waals surface area contributed by atoms with Crippen LogP contribution in [-0.4, -0.2) is 54.9 Å². The Morgan fingerprint density at radius 3 is 2.70 bits per heavy atom. The Kier molecular flexibility index (Phi) is 9.30. The second-order valence-electron chi connectivity index (χ2n) is 9.50. The molecule has 2 N–H and O–H groups in total. The van der Waals surface area contributed by atoms with E-state index in [9.17, 15) is 4.79 Å². The summed E-state index contributed by atoms with van der Waals surface area (Å²) >= 11 is 0. The summed E-state index contributed by atoms with van der Waals surface area (Å²) in [5, 5.41) is 11.4. The fraction of sp³-hybridized carbons (Fsp3) is 0.654. The summed E-state index contributed by atoms with van der Waals surface area (Å²) in [5.41, 5.74) is 1.06. The Hall–Kier alpha value is -2.41. The average molecular weight is 457 g/mol. The molecule has 4 unspecified atom stereocenters. The largest absolute Gasteiger partial charge is 0.489 e. The molecule has 0 aromatic heterocycles. The molecule has 7 heteroatoms. The van der Waals surface area contributed by atoms with Crippen molar-refractivity contribution in [2.75, 3.05) is 26.3 Å². The number of rotatable bonds is 9. The second-order valence-corrected chi connectivity index (χ2v) is 9.50. The molecule has 0 spiro atoms. The van der Waals surface area contributed by atoms with E-state index in [1.807, 2.05) is 31.2 Å². The molecule has 2 fully saturated rings. The lowest BCUT2D eigenvalue weighted by atomic mass is 9.94. The number of nitrogens with one attached hydrogen (secondary N) is 2. The summed E-state index contributed by atoms with van der Waals surface area (Å²) in [5.74, 6) is 3.02. The predicted molar refractivity (Wildman–Crippen MR) is 132 cm³/mol. The third-order valence-corrected chi connectivity index (χ3v) is 6.51. The molecule has 1 aromatic rings. The highest BCUT2D eigenvalue weighted by atomic mass is 16.5. The first kappa shape index (κ1) is 25.2. The van der Waals surface area contributed by atoms with Crippen molar-refractivity contribution in [3.8, 4) is 5.75 Å². The Labute approximate surface area is 198 Å². The number of carbonyl (C=O) groups excluding carboxylic acids is 1. The molecule has 4 atom stereocenters. The lowest BCUT2D eigenvalue weighted by molar-refractivity contribution is -0.119. The van der Waals surface area contributed by atoms with Gasteiger partial charge in [0.2, 0.25) is 5.91 Å². The minimum absolute atomic E-state index is 0.0229. The van der Waals surface area contributed by atoms with Gasteiger partial charge >= 0.3 is 0 Å². The highest BCUT2D eigenvalue weighted by Gasteiger charge is 2.27. The molecule has 3 rings (SSSR count). The molecule has 0 bridgehead atoms. The second kappa shape index (κ2) is 12.2. The average Bonchev–Trinajstić information content (AvgIpc) is 3.45. The summed E-state index contributed by atoms with van der Waals surface area (Å²) in [6.45, 7) is 11.1. The summed E-state index contributed by atoms with van der Waals surface area (Å²) in [4.78, 5) is 18.3. The maximum absolute atomic E-state index is 11.3. The minimum Gasteiger partial charge on any atom is -0.489 e. The van der Waals surface area contributed by atoms with E-state index in [1.165, 1.54) is 6.92 Å². The van der Waals surface area contributed by atoms with Gasteiger partial charge < -0.3 is 19.7 Å². The molecule has 2 aliphatic rings. The normalized spacial score (nSPS) is 22.8. The van der Waals surface area contributed by atoms with Gasteiger partial charge in [0, 0.05) is 45.4 Å². The lowest BCUT2D eigenvalue weighted by Crippen LogP contribution is -2.32. The van der Waals surface area contributed by atoms with Crippen LogP contribution in [-0.2, 0) is 9.53 Å². The highest BCUT2D eigenvalue weighted by Crippen LogP contribution is 2.24. The highest BCUT2D eigenvalue weighted by molar-refractivity contribution is 5.96. The monoisotopic (exact) mass is 456 g/mol. The van der Waals surface area contributed by atoms with Crippen molar-refractivity contribution in [3.05, 3.63) is 29.8 Å². The molecule has 0 saturated carbocycles. The van der Waals surface area contributed by atoms with Crippen LogP contribution < -0.4 is 10.1 Å². The zero-order chi connectivity index (χ0) is 23.8. The number of aliphatic imine (C=N–C) groups is 1. The number of amides is 1. The van der Waals surface area contributed by atoms with E-state index in [4.69, 9.17) is 19.9 Å². The summed E-state index contributed by atoms with van der Waals surface area (Å²) in [6, 6.07) is 7.93. The first-order chi connectivity index (χ1) is 15.9. The van der Waals surface area contributed by atoms with E-state index in [2.05, 4.69) is 24.1 Å². The molecule has 2 heterocycles. The molecular weight excluding hydrogens is 416 g/mol. The Bertz CT molecular complexity index is 817. The topological polar surface area (TPSA) is 87.0 Å². The van der Waals surface area contributed by atoms with Crippen molar-refractivity contribution in [1.82, 2.24) is 10.2 Å². The maximum Gasteiger partial charge on any atom is 0.217 e. The zero-order valence-electron chi connectivity index (χ0n) is 20.6. The van der Waals surface area contributed by atoms with E-state index >= 15 is 0 Å². The van der Waals surface area contributed by atoms with Crippen molar-refractivity contribution < 1.29 is 14.3 Å². The van der Waals surface area contributed by atoms with E-state index < -0.39 is 0 Å². The molecule has 1 aromatic carbocycles. The number of likely N-dealkylation sites (tertiary alicyclic amines) is 1. The predicted octanol–water partition coefficient (Wildman–Crippen LogP) is 4.58. The first-order valence-corrected chi connectivity index (χ1v) is 12.4. The van der Waals surface area contributed by atoms with Crippen LogP contribution in [0.3, 0.4) is 0 Å². The van der Waals surface area contributed by atoms with Gasteiger partial charge in [-0.05, 0) is 49.8 Å². The van der Waals surface area contributed by atoms with Crippen molar-refractivity contribution in [2.45, 2.75) is 71.9 Å². The van der Waals surface area contributed by atoms with E-state index in [-0.39, 0.29) is 24.0 Å². The third kappa shape index (κ3) is 7.56. The van der Waals surface area contributed by atoms with Crippen LogP contribution in [0.5, 0.6) is 5.75 Å². The van der Waals surface area contributed by atoms with Gasteiger partial charge in [0.05, 0.1) is 12.6 Å². The van der Waals surface area contributed by atoms with Crippen LogP contribution in [0.1, 0.15) is 71.4 Å². The Morgan fingerprint density at radius 1 is 1.30 bits per heavy atom. The van der Waals surface area contributed by atoms with Crippen LogP contribution in [0, 0.1) is 17.2 Å². The molecule has 2 saturated heterocycles. The van der Waals surface area contributed by atoms with Crippen LogP contribution >= 0.6 is 0 Å². The molecule has 182 valence electrons. The fourth-order valence-corrected chi connectivity index (χ4v) is 4.61. The van der Waals surface area contributed by atoms with Gasteiger partial charge in [-0.1, -0.05) is 26.0 Å². The van der Waals surface area contributed by atoms with Gasteiger partial charge in [0.25, 0.3) is 0 Å². The van der Waals surface area contributed by atoms with Crippen LogP contribution in [0.4, 0.5) is 0 Å². The van der Waals surface area contributed by atoms with Crippen LogP contribution in [0.25, 0.3) is 0 Å². The third-order valence-electron chi connectivity index (χ3n) is 6.51. The first-order valence-electron chi connectivity index (χ1n) is 12.4. The van der Waals surface area contributed by atoms with Crippen molar-refractivity contribution in [2.24, 2.45) is 16.8 Å². The number of carbonyl (C=O) groups is 1. The summed E-state index contributed by atoms with van der Waals surface area (Å²) in [7, 11) is 0. The number of benzene rings is 1. The number of hydrogen-bond acceptors (Lipinski definition) is 4. The summed E-state index contributed by atoms with van der Waals surface area (Å²) < 4.78 is 11.7. The maximum atomic E-state index is 11.3. The Balaban J connectivity index is 1.55. The van der Waals surface area contributed by atoms with Gasteiger partial charge in [-0.15, -0.1) is 0 Å². The summed E-state index contributed by atoms with van der Waals surface area (Å²) in [6.07, 6.45) is 5.00. The molecule has 0 aliphatic carbocycles. The quantitative estimate of drug-likeness (QED) is 0.421. The van der Waals surface area contributed by atoms with Crippen molar-refractivity contribution >= 4 is 17.6 Å². The standard InChI is InChI=1S/C26H40N4O3/c1-5-6-25(29-26(27)18(2)15-21-12-14-32-17-21)30-13-11-24(16-30)33-23-9-7-22(8-10-23)19(3)28-20(4)31/h7-10,18-19,21,24,27H,5-6,11-17H2,1-4H3,(H,28,31). The van der Waals surface area contributed by atoms with Gasteiger partial charge in [-0.2, -0.15) is 0 Å². The van der Waals surface area contributed by atoms with Gasteiger partial charge in [0.1, 0.15) is 23.5 Å². The lowest BCUT2D eigenvalue weighted by Gasteiger charge is -2.22. The van der Waals surface area contributed by atoms with E-state index in [0.29, 0.717) is 11.8 Å². The fourth-order valence-electron chi connectivity index (χ4n) is 4.61. The van der Waals surface area contributed by atoms with Crippen LogP contribution in [0.2, 0.25) is 0 Å². The van der Waals surface area contributed by atoms with Gasteiger partial charge in [-0.3, -0.25) is 10.2 Å². The van der Waals surface area contributed by atoms with Gasteiger partial charge in [-0.25, -0.2) is 4.99 Å².